The maximum Gasteiger partial charge on any atom is 0.396 e. The van der Waals surface area contributed by atoms with Crippen LogP contribution in [-0.2, 0) is 19.1 Å². The Hall–Kier alpha value is -2.37. The van der Waals surface area contributed by atoms with E-state index in [4.69, 9.17) is 0 Å². The third-order valence-electron chi connectivity index (χ3n) is 3.72. The van der Waals surface area contributed by atoms with Crippen molar-refractivity contribution in [3.05, 3.63) is 29.3 Å². The van der Waals surface area contributed by atoms with Crippen LogP contribution >= 0.6 is 0 Å². The summed E-state index contributed by atoms with van der Waals surface area (Å²) in [6, 6.07) is 5.41. The Kier molecular flexibility index (Phi) is 4.80. The number of aryl methyl sites for hydroxylation is 2. The van der Waals surface area contributed by atoms with Gasteiger partial charge in [-0.3, -0.25) is 9.59 Å². The average Bonchev–Trinajstić information content (AvgIpc) is 2.83. The van der Waals surface area contributed by atoms with E-state index in [0.29, 0.717) is 6.54 Å². The second-order valence-corrected chi connectivity index (χ2v) is 5.37. The molecule has 22 heavy (non-hydrogen) atoms. The lowest BCUT2D eigenvalue weighted by atomic mass is 10.1. The van der Waals surface area contributed by atoms with Crippen LogP contribution in [0.3, 0.4) is 0 Å². The Balaban J connectivity index is 2.03. The molecule has 1 saturated heterocycles. The first-order valence-corrected chi connectivity index (χ1v) is 7.27. The van der Waals surface area contributed by atoms with E-state index in [1.54, 1.807) is 11.8 Å². The van der Waals surface area contributed by atoms with Gasteiger partial charge in [0.05, 0.1) is 12.6 Å². The van der Waals surface area contributed by atoms with Gasteiger partial charge in [-0.1, -0.05) is 6.07 Å². The van der Waals surface area contributed by atoms with Crippen LogP contribution in [0.2, 0.25) is 0 Å². The molecule has 6 heteroatoms. The van der Waals surface area contributed by atoms with Gasteiger partial charge in [0.1, 0.15) is 0 Å². The third-order valence-corrected chi connectivity index (χ3v) is 3.72. The molecule has 2 rings (SSSR count). The summed E-state index contributed by atoms with van der Waals surface area (Å²) in [6.07, 6.45) is 0.179. The molecule has 0 aliphatic carbocycles. The van der Waals surface area contributed by atoms with Crippen molar-refractivity contribution in [1.82, 2.24) is 5.32 Å². The van der Waals surface area contributed by atoms with E-state index in [2.05, 4.69) is 10.1 Å². The second-order valence-electron chi connectivity index (χ2n) is 5.37. The minimum Gasteiger partial charge on any atom is -0.459 e. The van der Waals surface area contributed by atoms with E-state index in [0.717, 1.165) is 16.8 Å². The summed E-state index contributed by atoms with van der Waals surface area (Å²) >= 11 is 0. The van der Waals surface area contributed by atoms with Crippen LogP contribution in [-0.4, -0.2) is 37.0 Å². The summed E-state index contributed by atoms with van der Waals surface area (Å²) in [5.41, 5.74) is 3.06. The van der Waals surface area contributed by atoms with Gasteiger partial charge in [-0.05, 0) is 44.0 Å². The summed E-state index contributed by atoms with van der Waals surface area (Å²) < 4.78 is 4.63. The molecule has 6 nitrogen and oxygen atoms in total. The van der Waals surface area contributed by atoms with Crippen LogP contribution in [0.25, 0.3) is 0 Å². The van der Waals surface area contributed by atoms with Gasteiger partial charge >= 0.3 is 11.9 Å². The molecule has 1 aromatic rings. The molecule has 0 aromatic heterocycles. The highest BCUT2D eigenvalue weighted by molar-refractivity contribution is 6.32. The molecule has 0 radical (unpaired) electrons. The quantitative estimate of drug-likeness (QED) is 0.670. The van der Waals surface area contributed by atoms with Gasteiger partial charge in [0, 0.05) is 18.7 Å². The SMILES string of the molecule is CCOC(=O)C(=O)N[C@@H]1CC(=O)N(c2ccc(C)c(C)c2)C1. The number of ether oxygens (including phenoxy) is 1. The van der Waals surface area contributed by atoms with E-state index >= 15 is 0 Å². The van der Waals surface area contributed by atoms with Gasteiger partial charge in [-0.2, -0.15) is 0 Å². The van der Waals surface area contributed by atoms with Gasteiger partial charge in [-0.15, -0.1) is 0 Å². The molecule has 2 amide bonds. The van der Waals surface area contributed by atoms with Crippen LogP contribution in [0.1, 0.15) is 24.5 Å². The van der Waals surface area contributed by atoms with Gasteiger partial charge in [0.2, 0.25) is 5.91 Å². The first kappa shape index (κ1) is 16.0. The van der Waals surface area contributed by atoms with Gasteiger partial charge < -0.3 is 15.0 Å². The van der Waals surface area contributed by atoms with Crippen molar-refractivity contribution >= 4 is 23.5 Å². The van der Waals surface area contributed by atoms with E-state index in [-0.39, 0.29) is 25.0 Å². The van der Waals surface area contributed by atoms with E-state index in [9.17, 15) is 14.4 Å². The molecule has 0 saturated carbocycles. The van der Waals surface area contributed by atoms with E-state index < -0.39 is 11.9 Å². The Labute approximate surface area is 129 Å². The number of amides is 2. The van der Waals surface area contributed by atoms with Crippen molar-refractivity contribution in [2.75, 3.05) is 18.1 Å². The number of hydrogen-bond acceptors (Lipinski definition) is 4. The number of hydrogen-bond donors (Lipinski definition) is 1. The van der Waals surface area contributed by atoms with Crippen LogP contribution < -0.4 is 10.2 Å². The Morgan fingerprint density at radius 3 is 2.68 bits per heavy atom. The highest BCUT2D eigenvalue weighted by Crippen LogP contribution is 2.24. The molecular weight excluding hydrogens is 284 g/mol. The molecule has 0 spiro atoms. The summed E-state index contributed by atoms with van der Waals surface area (Å²) in [5, 5.41) is 2.54. The zero-order valence-electron chi connectivity index (χ0n) is 13.0. The standard InChI is InChI=1S/C16H20N2O4/c1-4-22-16(21)15(20)17-12-8-14(19)18(9-12)13-6-5-10(2)11(3)7-13/h5-7,12H,4,8-9H2,1-3H3,(H,17,20)/t12-/m1/s1. The van der Waals surface area contributed by atoms with Gasteiger partial charge in [-0.25, -0.2) is 4.79 Å². The molecule has 1 aliphatic heterocycles. The number of nitrogens with zero attached hydrogens (tertiary/aromatic N) is 1. The van der Waals surface area contributed by atoms with Crippen molar-refractivity contribution in [1.29, 1.82) is 0 Å². The molecule has 0 bridgehead atoms. The number of carbonyl (C=O) groups is 3. The topological polar surface area (TPSA) is 75.7 Å². The van der Waals surface area contributed by atoms with Crippen LogP contribution in [0.4, 0.5) is 5.69 Å². The molecular formula is C16H20N2O4. The van der Waals surface area contributed by atoms with Crippen molar-refractivity contribution < 1.29 is 19.1 Å². The highest BCUT2D eigenvalue weighted by Gasteiger charge is 2.33. The molecule has 1 N–H and O–H groups in total. The fraction of sp³-hybridized carbons (Fsp3) is 0.438. The first-order chi connectivity index (χ1) is 10.4. The van der Waals surface area contributed by atoms with Gasteiger partial charge in [0.15, 0.2) is 0 Å². The normalized spacial score (nSPS) is 17.5. The van der Waals surface area contributed by atoms with E-state index in [1.807, 2.05) is 32.0 Å². The van der Waals surface area contributed by atoms with Gasteiger partial charge in [0.25, 0.3) is 0 Å². The third kappa shape index (κ3) is 3.44. The van der Waals surface area contributed by atoms with Crippen molar-refractivity contribution in [3.8, 4) is 0 Å². The van der Waals surface area contributed by atoms with Crippen LogP contribution in [0, 0.1) is 13.8 Å². The summed E-state index contributed by atoms with van der Waals surface area (Å²) in [6.45, 7) is 6.12. The number of rotatable bonds is 3. The second kappa shape index (κ2) is 6.60. The number of esters is 1. The monoisotopic (exact) mass is 304 g/mol. The van der Waals surface area contributed by atoms with Crippen molar-refractivity contribution in [2.45, 2.75) is 33.2 Å². The lowest BCUT2D eigenvalue weighted by molar-refractivity contribution is -0.154. The number of anilines is 1. The first-order valence-electron chi connectivity index (χ1n) is 7.27. The minimum absolute atomic E-state index is 0.0718. The fourth-order valence-electron chi connectivity index (χ4n) is 2.39. The molecule has 1 fully saturated rings. The number of nitrogens with one attached hydrogen (secondary N) is 1. The maximum absolute atomic E-state index is 12.1. The zero-order valence-corrected chi connectivity index (χ0v) is 13.0. The minimum atomic E-state index is -0.917. The number of carbonyl (C=O) groups excluding carboxylic acids is 3. The average molecular weight is 304 g/mol. The summed E-state index contributed by atoms with van der Waals surface area (Å²) in [5.74, 6) is -1.79. The largest absolute Gasteiger partial charge is 0.459 e. The summed E-state index contributed by atoms with van der Waals surface area (Å²) in [7, 11) is 0. The molecule has 1 atom stereocenters. The van der Waals surface area contributed by atoms with Crippen molar-refractivity contribution in [2.24, 2.45) is 0 Å². The zero-order chi connectivity index (χ0) is 16.3. The molecule has 1 heterocycles. The number of benzene rings is 1. The van der Waals surface area contributed by atoms with Crippen LogP contribution in [0.5, 0.6) is 0 Å². The Morgan fingerprint density at radius 1 is 1.32 bits per heavy atom. The summed E-state index contributed by atoms with van der Waals surface area (Å²) in [4.78, 5) is 36.7. The Bertz CT molecular complexity index is 612. The van der Waals surface area contributed by atoms with E-state index in [1.165, 1.54) is 0 Å². The smallest absolute Gasteiger partial charge is 0.396 e. The predicted octanol–water partition coefficient (Wildman–Crippen LogP) is 1.09. The Morgan fingerprint density at radius 2 is 2.05 bits per heavy atom. The molecule has 118 valence electrons. The predicted molar refractivity (Wildman–Crippen MR) is 81.4 cm³/mol. The molecule has 0 unspecified atom stereocenters. The van der Waals surface area contributed by atoms with Crippen molar-refractivity contribution in [3.63, 3.8) is 0 Å². The maximum atomic E-state index is 12.1. The highest BCUT2D eigenvalue weighted by atomic mass is 16.5. The fourth-order valence-corrected chi connectivity index (χ4v) is 2.39. The lowest BCUT2D eigenvalue weighted by Gasteiger charge is -2.18. The molecule has 1 aliphatic rings. The lowest BCUT2D eigenvalue weighted by Crippen LogP contribution is -2.41. The molecule has 1 aromatic carbocycles. The van der Waals surface area contributed by atoms with Crippen LogP contribution in [0.15, 0.2) is 18.2 Å².